The molecule has 0 aliphatic carbocycles. The first kappa shape index (κ1) is 15.2. The number of rotatable bonds is 3. The van der Waals surface area contributed by atoms with Crippen molar-refractivity contribution in [3.8, 4) is 0 Å². The lowest BCUT2D eigenvalue weighted by Crippen LogP contribution is -2.19. The molecule has 5 nitrogen and oxygen atoms in total. The van der Waals surface area contributed by atoms with E-state index in [1.165, 1.54) is 12.1 Å². The van der Waals surface area contributed by atoms with Crippen molar-refractivity contribution in [1.29, 1.82) is 0 Å². The van der Waals surface area contributed by atoms with Crippen LogP contribution < -0.4 is 10.6 Å². The van der Waals surface area contributed by atoms with Crippen LogP contribution in [0.3, 0.4) is 0 Å². The Hall–Kier alpha value is -2.18. The van der Waals surface area contributed by atoms with Crippen molar-refractivity contribution in [3.63, 3.8) is 0 Å². The first-order valence-corrected chi connectivity index (χ1v) is 6.83. The lowest BCUT2D eigenvalue weighted by atomic mass is 10.2. The van der Waals surface area contributed by atoms with Crippen LogP contribution in [0.1, 0.15) is 5.56 Å². The predicted octanol–water partition coefficient (Wildman–Crippen LogP) is 4.37. The molecule has 2 rings (SSSR count). The molecule has 2 aromatic carbocycles. The van der Waals surface area contributed by atoms with E-state index in [4.69, 9.17) is 23.8 Å². The van der Waals surface area contributed by atoms with E-state index in [2.05, 4.69) is 10.6 Å². The quantitative estimate of drug-likeness (QED) is 0.499. The van der Waals surface area contributed by atoms with Gasteiger partial charge >= 0.3 is 0 Å². The van der Waals surface area contributed by atoms with Crippen LogP contribution in [-0.4, -0.2) is 10.0 Å². The van der Waals surface area contributed by atoms with Crippen molar-refractivity contribution >= 4 is 46.0 Å². The van der Waals surface area contributed by atoms with Gasteiger partial charge in [0.2, 0.25) is 0 Å². The number of anilines is 2. The topological polar surface area (TPSA) is 67.2 Å². The highest BCUT2D eigenvalue weighted by Crippen LogP contribution is 2.21. The van der Waals surface area contributed by atoms with Crippen LogP contribution in [0.25, 0.3) is 0 Å². The molecule has 0 unspecified atom stereocenters. The highest BCUT2D eigenvalue weighted by atomic mass is 35.5. The summed E-state index contributed by atoms with van der Waals surface area (Å²) in [5, 5.41) is 17.7. The highest BCUT2D eigenvalue weighted by Gasteiger charge is 2.09. The van der Waals surface area contributed by atoms with Crippen molar-refractivity contribution in [2.24, 2.45) is 0 Å². The van der Waals surface area contributed by atoms with E-state index in [9.17, 15) is 10.1 Å². The van der Waals surface area contributed by atoms with Crippen molar-refractivity contribution in [3.05, 3.63) is 63.2 Å². The fourth-order valence-electron chi connectivity index (χ4n) is 1.75. The van der Waals surface area contributed by atoms with Gasteiger partial charge in [0.05, 0.1) is 4.92 Å². The summed E-state index contributed by atoms with van der Waals surface area (Å²) in [6, 6.07) is 11.7. The number of nitrogens with zero attached hydrogens (tertiary/aromatic N) is 1. The minimum Gasteiger partial charge on any atom is -0.332 e. The fourth-order valence-corrected chi connectivity index (χ4v) is 2.17. The Balaban J connectivity index is 2.08. The van der Waals surface area contributed by atoms with Crippen molar-refractivity contribution in [2.75, 3.05) is 10.6 Å². The third kappa shape index (κ3) is 4.14. The van der Waals surface area contributed by atoms with Crippen molar-refractivity contribution in [1.82, 2.24) is 0 Å². The molecule has 108 valence electrons. The van der Waals surface area contributed by atoms with E-state index in [1.54, 1.807) is 25.1 Å². The van der Waals surface area contributed by atoms with Crippen molar-refractivity contribution in [2.45, 2.75) is 6.92 Å². The van der Waals surface area contributed by atoms with Gasteiger partial charge in [-0.2, -0.15) is 0 Å². The molecule has 7 heteroatoms. The van der Waals surface area contributed by atoms with E-state index < -0.39 is 4.92 Å². The maximum atomic E-state index is 10.7. The van der Waals surface area contributed by atoms with Gasteiger partial charge in [0.25, 0.3) is 5.69 Å². The van der Waals surface area contributed by atoms with Gasteiger partial charge in [-0.15, -0.1) is 0 Å². The Morgan fingerprint density at radius 3 is 2.62 bits per heavy atom. The molecule has 0 aromatic heterocycles. The molecule has 0 heterocycles. The second-order valence-electron chi connectivity index (χ2n) is 4.35. The summed E-state index contributed by atoms with van der Waals surface area (Å²) in [5.41, 5.74) is 2.26. The largest absolute Gasteiger partial charge is 0.332 e. The van der Waals surface area contributed by atoms with Gasteiger partial charge in [-0.1, -0.05) is 17.7 Å². The summed E-state index contributed by atoms with van der Waals surface area (Å²) in [6.45, 7) is 1.78. The van der Waals surface area contributed by atoms with Crippen LogP contribution in [0.5, 0.6) is 0 Å². The Morgan fingerprint density at radius 2 is 2.00 bits per heavy atom. The van der Waals surface area contributed by atoms with E-state index in [1.807, 2.05) is 12.1 Å². The van der Waals surface area contributed by atoms with E-state index >= 15 is 0 Å². The number of hydrogen-bond acceptors (Lipinski definition) is 3. The number of hydrogen-bond donors (Lipinski definition) is 2. The summed E-state index contributed by atoms with van der Waals surface area (Å²) in [5.74, 6) is 0. The minimum absolute atomic E-state index is 0.0479. The number of aryl methyl sites for hydroxylation is 1. The normalized spacial score (nSPS) is 10.0. The number of nitrogens with one attached hydrogen (secondary N) is 2. The van der Waals surface area contributed by atoms with Crippen LogP contribution in [0, 0.1) is 17.0 Å². The van der Waals surface area contributed by atoms with Gasteiger partial charge in [0.1, 0.15) is 0 Å². The summed E-state index contributed by atoms with van der Waals surface area (Å²) in [4.78, 5) is 10.3. The lowest BCUT2D eigenvalue weighted by molar-refractivity contribution is -0.384. The first-order valence-electron chi connectivity index (χ1n) is 6.04. The third-order valence-corrected chi connectivity index (χ3v) is 3.19. The Bertz CT molecular complexity index is 706. The van der Waals surface area contributed by atoms with E-state index in [0.717, 1.165) is 11.3 Å². The molecule has 21 heavy (non-hydrogen) atoms. The molecular weight excluding hydrogens is 310 g/mol. The maximum absolute atomic E-state index is 10.7. The van der Waals surface area contributed by atoms with Gasteiger partial charge in [-0.25, -0.2) is 0 Å². The van der Waals surface area contributed by atoms with Gasteiger partial charge in [-0.05, 0) is 49.0 Å². The van der Waals surface area contributed by atoms with Gasteiger partial charge in [0.15, 0.2) is 5.11 Å². The van der Waals surface area contributed by atoms with E-state index in [0.29, 0.717) is 15.8 Å². The summed E-state index contributed by atoms with van der Waals surface area (Å²) in [7, 11) is 0. The van der Waals surface area contributed by atoms with Gasteiger partial charge < -0.3 is 10.6 Å². The zero-order valence-electron chi connectivity index (χ0n) is 11.1. The maximum Gasteiger partial charge on any atom is 0.269 e. The predicted molar refractivity (Wildman–Crippen MR) is 89.1 cm³/mol. The lowest BCUT2D eigenvalue weighted by Gasteiger charge is -2.12. The van der Waals surface area contributed by atoms with Gasteiger partial charge in [0, 0.05) is 28.5 Å². The second-order valence-corrected chi connectivity index (χ2v) is 5.19. The fraction of sp³-hybridized carbons (Fsp3) is 0.0714. The van der Waals surface area contributed by atoms with Crippen LogP contribution in [0.4, 0.5) is 17.1 Å². The molecule has 0 aliphatic heterocycles. The number of thiocarbonyl (C=S) groups is 1. The highest BCUT2D eigenvalue weighted by molar-refractivity contribution is 7.80. The molecule has 0 spiro atoms. The molecule has 0 aliphatic rings. The van der Waals surface area contributed by atoms with E-state index in [-0.39, 0.29) is 5.69 Å². The molecule has 0 fully saturated rings. The Morgan fingerprint density at radius 1 is 1.24 bits per heavy atom. The Kier molecular flexibility index (Phi) is 4.72. The number of nitro groups is 1. The van der Waals surface area contributed by atoms with Gasteiger partial charge in [-0.3, -0.25) is 10.1 Å². The molecule has 2 N–H and O–H groups in total. The number of benzene rings is 2. The molecule has 2 aromatic rings. The minimum atomic E-state index is -0.431. The Labute approximate surface area is 132 Å². The van der Waals surface area contributed by atoms with Crippen LogP contribution in [-0.2, 0) is 0 Å². The monoisotopic (exact) mass is 321 g/mol. The SMILES string of the molecule is Cc1cc([N+](=O)[O-])ccc1NC(=S)Nc1cccc(Cl)c1. The average molecular weight is 322 g/mol. The summed E-state index contributed by atoms with van der Waals surface area (Å²) < 4.78 is 0. The smallest absolute Gasteiger partial charge is 0.269 e. The van der Waals surface area contributed by atoms with Crippen LogP contribution in [0.15, 0.2) is 42.5 Å². The third-order valence-electron chi connectivity index (χ3n) is 2.75. The molecule has 0 radical (unpaired) electrons. The molecule has 0 amide bonds. The van der Waals surface area contributed by atoms with Crippen LogP contribution in [0.2, 0.25) is 5.02 Å². The number of halogens is 1. The average Bonchev–Trinajstić information content (AvgIpc) is 2.40. The zero-order chi connectivity index (χ0) is 15.4. The standard InChI is InChI=1S/C14H12ClN3O2S/c1-9-7-12(18(19)20)5-6-13(9)17-14(21)16-11-4-2-3-10(15)8-11/h2-8H,1H3,(H2,16,17,21). The molecule has 0 saturated heterocycles. The first-order chi connectivity index (χ1) is 9.95. The molecule has 0 bridgehead atoms. The number of nitro benzene ring substituents is 1. The molecule has 0 saturated carbocycles. The number of non-ortho nitro benzene ring substituents is 1. The zero-order valence-corrected chi connectivity index (χ0v) is 12.7. The molecular formula is C14H12ClN3O2S. The van der Waals surface area contributed by atoms with Crippen molar-refractivity contribution < 1.29 is 4.92 Å². The summed E-state index contributed by atoms with van der Waals surface area (Å²) >= 11 is 11.1. The summed E-state index contributed by atoms with van der Waals surface area (Å²) in [6.07, 6.45) is 0. The second kappa shape index (κ2) is 6.51. The molecule has 0 atom stereocenters. The van der Waals surface area contributed by atoms with Crippen LogP contribution >= 0.6 is 23.8 Å².